The number of benzene rings is 2. The Bertz CT molecular complexity index is 927. The molecule has 8 heteroatoms. The maximum Gasteiger partial charge on any atom is 0.195 e. The summed E-state index contributed by atoms with van der Waals surface area (Å²) in [5.41, 5.74) is 3.17. The number of rotatable bonds is 8. The Morgan fingerprint density at radius 3 is 2.57 bits per heavy atom. The van der Waals surface area contributed by atoms with Gasteiger partial charge in [0.25, 0.3) is 0 Å². The van der Waals surface area contributed by atoms with Crippen molar-refractivity contribution in [2.45, 2.75) is 13.3 Å². The van der Waals surface area contributed by atoms with Crippen molar-refractivity contribution >= 4 is 35.6 Å². The number of aromatic nitrogens is 2. The lowest BCUT2D eigenvalue weighted by Crippen LogP contribution is -2.32. The Morgan fingerprint density at radius 2 is 1.93 bits per heavy atom. The molecule has 0 saturated heterocycles. The number of nitrogens with one attached hydrogen (secondary N) is 2. The second-order valence-corrected chi connectivity index (χ2v) is 6.29. The molecule has 30 heavy (non-hydrogen) atoms. The van der Waals surface area contributed by atoms with E-state index in [9.17, 15) is 0 Å². The van der Waals surface area contributed by atoms with Gasteiger partial charge in [-0.1, -0.05) is 12.1 Å². The van der Waals surface area contributed by atoms with Crippen LogP contribution < -0.4 is 20.1 Å². The summed E-state index contributed by atoms with van der Waals surface area (Å²) in [6.07, 6.45) is 4.59. The molecule has 0 aliphatic heterocycles. The van der Waals surface area contributed by atoms with E-state index in [0.29, 0.717) is 18.3 Å². The Hall–Kier alpha value is -2.75. The highest BCUT2D eigenvalue weighted by molar-refractivity contribution is 14.0. The highest BCUT2D eigenvalue weighted by atomic mass is 127. The van der Waals surface area contributed by atoms with Gasteiger partial charge in [-0.05, 0) is 49.2 Å². The van der Waals surface area contributed by atoms with Crippen molar-refractivity contribution in [3.63, 3.8) is 0 Å². The van der Waals surface area contributed by atoms with Crippen LogP contribution in [0.5, 0.6) is 11.5 Å². The van der Waals surface area contributed by atoms with Crippen molar-refractivity contribution in [1.29, 1.82) is 0 Å². The number of nitrogens with zero attached hydrogens (tertiary/aromatic N) is 3. The number of guanidine groups is 1. The van der Waals surface area contributed by atoms with Crippen LogP contribution in [0.3, 0.4) is 0 Å². The monoisotopic (exact) mass is 521 g/mol. The van der Waals surface area contributed by atoms with Crippen LogP contribution in [0, 0.1) is 0 Å². The van der Waals surface area contributed by atoms with Gasteiger partial charge in [-0.25, -0.2) is 4.68 Å². The zero-order chi connectivity index (χ0) is 20.5. The quantitative estimate of drug-likeness (QED) is 0.265. The van der Waals surface area contributed by atoms with Crippen molar-refractivity contribution in [2.75, 3.05) is 32.6 Å². The summed E-state index contributed by atoms with van der Waals surface area (Å²) in [4.78, 5) is 4.29. The maximum absolute atomic E-state index is 5.56. The third-order valence-corrected chi connectivity index (χ3v) is 4.36. The molecular formula is C22H28IN5O2. The molecule has 3 rings (SSSR count). The molecule has 0 saturated carbocycles. The van der Waals surface area contributed by atoms with Crippen LogP contribution in [0.4, 0.5) is 5.69 Å². The van der Waals surface area contributed by atoms with Gasteiger partial charge in [0.2, 0.25) is 0 Å². The lowest BCUT2D eigenvalue weighted by Gasteiger charge is -2.14. The number of aliphatic imine (C=N–C) groups is 1. The van der Waals surface area contributed by atoms with E-state index in [2.05, 4.69) is 45.0 Å². The SMILES string of the molecule is CCOc1ccc(NC(=NC)NCCc2ccc(-n3cccn3)cc2)cc1OC.I. The Kier molecular flexibility index (Phi) is 9.46. The van der Waals surface area contributed by atoms with E-state index < -0.39 is 0 Å². The Morgan fingerprint density at radius 1 is 1.13 bits per heavy atom. The molecule has 0 amide bonds. The largest absolute Gasteiger partial charge is 0.493 e. The molecular weight excluding hydrogens is 493 g/mol. The fraction of sp³-hybridized carbons (Fsp3) is 0.273. The molecule has 0 aliphatic rings. The zero-order valence-electron chi connectivity index (χ0n) is 17.5. The molecule has 0 bridgehead atoms. The fourth-order valence-electron chi connectivity index (χ4n) is 2.90. The third kappa shape index (κ3) is 6.38. The van der Waals surface area contributed by atoms with Crippen LogP contribution in [0.1, 0.15) is 12.5 Å². The van der Waals surface area contributed by atoms with Gasteiger partial charge in [0, 0.05) is 37.7 Å². The van der Waals surface area contributed by atoms with Crippen molar-refractivity contribution in [2.24, 2.45) is 4.99 Å². The first-order valence-electron chi connectivity index (χ1n) is 9.61. The molecule has 0 unspecified atom stereocenters. The molecule has 0 spiro atoms. The van der Waals surface area contributed by atoms with E-state index in [0.717, 1.165) is 30.1 Å². The first kappa shape index (κ1) is 23.5. The molecule has 2 N–H and O–H groups in total. The van der Waals surface area contributed by atoms with Crippen LogP contribution in [0.15, 0.2) is 65.9 Å². The van der Waals surface area contributed by atoms with E-state index >= 15 is 0 Å². The molecule has 160 valence electrons. The van der Waals surface area contributed by atoms with Crippen LogP contribution in [-0.2, 0) is 6.42 Å². The normalized spacial score (nSPS) is 10.8. The molecule has 0 fully saturated rings. The zero-order valence-corrected chi connectivity index (χ0v) is 19.8. The second-order valence-electron chi connectivity index (χ2n) is 6.29. The van der Waals surface area contributed by atoms with Gasteiger partial charge in [0.1, 0.15) is 0 Å². The molecule has 1 heterocycles. The third-order valence-electron chi connectivity index (χ3n) is 4.36. The molecule has 2 aromatic carbocycles. The summed E-state index contributed by atoms with van der Waals surface area (Å²) in [5, 5.41) is 10.9. The minimum atomic E-state index is 0. The van der Waals surface area contributed by atoms with Gasteiger partial charge in [0.15, 0.2) is 17.5 Å². The lowest BCUT2D eigenvalue weighted by atomic mass is 10.1. The van der Waals surface area contributed by atoms with Gasteiger partial charge in [-0.3, -0.25) is 4.99 Å². The van der Waals surface area contributed by atoms with Gasteiger partial charge in [-0.15, -0.1) is 24.0 Å². The van der Waals surface area contributed by atoms with Gasteiger partial charge in [0.05, 0.1) is 19.4 Å². The number of anilines is 1. The summed E-state index contributed by atoms with van der Waals surface area (Å²) in [6.45, 7) is 3.30. The lowest BCUT2D eigenvalue weighted by molar-refractivity contribution is 0.311. The average molecular weight is 521 g/mol. The standard InChI is InChI=1S/C22H27N5O2.HI/c1-4-29-20-11-8-18(16-21(20)28-3)26-22(23-2)24-14-12-17-6-9-19(10-7-17)27-15-5-13-25-27;/h5-11,13,15-16H,4,12,14H2,1-3H3,(H2,23,24,26);1H. The highest BCUT2D eigenvalue weighted by Crippen LogP contribution is 2.30. The molecule has 0 atom stereocenters. The summed E-state index contributed by atoms with van der Waals surface area (Å²) >= 11 is 0. The number of hydrogen-bond acceptors (Lipinski definition) is 4. The fourth-order valence-corrected chi connectivity index (χ4v) is 2.90. The van der Waals surface area contributed by atoms with Crippen LogP contribution in [0.2, 0.25) is 0 Å². The maximum atomic E-state index is 5.56. The smallest absolute Gasteiger partial charge is 0.195 e. The van der Waals surface area contributed by atoms with E-state index in [1.165, 1.54) is 5.56 Å². The van der Waals surface area contributed by atoms with Crippen molar-refractivity contribution in [3.05, 3.63) is 66.5 Å². The Labute approximate surface area is 194 Å². The first-order valence-corrected chi connectivity index (χ1v) is 9.61. The van der Waals surface area contributed by atoms with Gasteiger partial charge in [-0.2, -0.15) is 5.10 Å². The minimum absolute atomic E-state index is 0. The van der Waals surface area contributed by atoms with E-state index in [1.54, 1.807) is 20.4 Å². The van der Waals surface area contributed by atoms with Crippen molar-refractivity contribution in [1.82, 2.24) is 15.1 Å². The predicted octanol–water partition coefficient (Wildman–Crippen LogP) is 4.13. The van der Waals surface area contributed by atoms with Crippen LogP contribution in [-0.4, -0.2) is 43.0 Å². The Balaban J connectivity index is 0.00000320. The number of halogens is 1. The van der Waals surface area contributed by atoms with Gasteiger partial charge >= 0.3 is 0 Å². The number of hydrogen-bond donors (Lipinski definition) is 2. The summed E-state index contributed by atoms with van der Waals surface area (Å²) in [7, 11) is 3.38. The highest BCUT2D eigenvalue weighted by Gasteiger charge is 2.07. The topological polar surface area (TPSA) is 72.7 Å². The number of methoxy groups -OCH3 is 1. The van der Waals surface area contributed by atoms with E-state index in [-0.39, 0.29) is 24.0 Å². The summed E-state index contributed by atoms with van der Waals surface area (Å²) in [5.74, 6) is 2.11. The average Bonchev–Trinajstić information content (AvgIpc) is 3.29. The van der Waals surface area contributed by atoms with Crippen LogP contribution >= 0.6 is 24.0 Å². The molecule has 0 radical (unpaired) electrons. The number of ether oxygens (including phenoxy) is 2. The summed E-state index contributed by atoms with van der Waals surface area (Å²) < 4.78 is 12.8. The minimum Gasteiger partial charge on any atom is -0.493 e. The van der Waals surface area contributed by atoms with Crippen molar-refractivity contribution < 1.29 is 9.47 Å². The molecule has 7 nitrogen and oxygen atoms in total. The summed E-state index contributed by atoms with van der Waals surface area (Å²) in [6, 6.07) is 16.0. The second kappa shape index (κ2) is 12.1. The molecule has 1 aromatic heterocycles. The first-order chi connectivity index (χ1) is 14.2. The van der Waals surface area contributed by atoms with Crippen molar-refractivity contribution in [3.8, 4) is 17.2 Å². The van der Waals surface area contributed by atoms with E-state index in [1.807, 2.05) is 42.1 Å². The molecule has 3 aromatic rings. The predicted molar refractivity (Wildman–Crippen MR) is 132 cm³/mol. The van der Waals surface area contributed by atoms with E-state index in [4.69, 9.17) is 9.47 Å². The molecule has 0 aliphatic carbocycles. The van der Waals surface area contributed by atoms with Gasteiger partial charge < -0.3 is 20.1 Å². The van der Waals surface area contributed by atoms with Crippen LogP contribution in [0.25, 0.3) is 5.69 Å².